The van der Waals surface area contributed by atoms with E-state index in [9.17, 15) is 0 Å². The summed E-state index contributed by atoms with van der Waals surface area (Å²) in [5.74, 6) is 0. The third-order valence-electron chi connectivity index (χ3n) is 5.36. The SMILES string of the molecule is C=C(c1ccccc1)c1ccc([SiH](COC)CN(CCCC)CCCC)cc1. The van der Waals surface area contributed by atoms with Crippen LogP contribution in [0.4, 0.5) is 0 Å². The fraction of sp³-hybridized carbons (Fsp3) is 0.440. The lowest BCUT2D eigenvalue weighted by molar-refractivity contribution is 0.243. The Morgan fingerprint density at radius 2 is 1.46 bits per heavy atom. The van der Waals surface area contributed by atoms with Gasteiger partial charge in [0.2, 0.25) is 0 Å². The molecule has 28 heavy (non-hydrogen) atoms. The molecule has 0 bridgehead atoms. The molecule has 0 amide bonds. The van der Waals surface area contributed by atoms with Crippen LogP contribution < -0.4 is 5.19 Å². The zero-order chi connectivity index (χ0) is 20.2. The Hall–Kier alpha value is -1.68. The van der Waals surface area contributed by atoms with E-state index in [1.807, 2.05) is 13.2 Å². The molecule has 1 atom stereocenters. The molecule has 2 nitrogen and oxygen atoms in total. The number of rotatable bonds is 13. The first kappa shape index (κ1) is 22.6. The predicted molar refractivity (Wildman–Crippen MR) is 126 cm³/mol. The van der Waals surface area contributed by atoms with Gasteiger partial charge in [-0.3, -0.25) is 0 Å². The Labute approximate surface area is 173 Å². The van der Waals surface area contributed by atoms with E-state index in [0.717, 1.165) is 11.8 Å². The maximum atomic E-state index is 5.63. The van der Waals surface area contributed by atoms with Crippen molar-refractivity contribution in [1.82, 2.24) is 4.90 Å². The highest BCUT2D eigenvalue weighted by atomic mass is 28.3. The van der Waals surface area contributed by atoms with E-state index >= 15 is 0 Å². The summed E-state index contributed by atoms with van der Waals surface area (Å²) >= 11 is 0. The Kier molecular flexibility index (Phi) is 10.3. The Morgan fingerprint density at radius 3 is 2.00 bits per heavy atom. The molecule has 0 aliphatic heterocycles. The van der Waals surface area contributed by atoms with E-state index < -0.39 is 8.80 Å². The van der Waals surface area contributed by atoms with Crippen molar-refractivity contribution in [1.29, 1.82) is 0 Å². The van der Waals surface area contributed by atoms with Crippen molar-refractivity contribution in [3.05, 3.63) is 72.3 Å². The molecule has 0 aliphatic rings. The van der Waals surface area contributed by atoms with Gasteiger partial charge in [-0.05, 0) is 48.8 Å². The number of nitrogens with zero attached hydrogens (tertiary/aromatic N) is 1. The van der Waals surface area contributed by atoms with Crippen molar-refractivity contribution in [3.8, 4) is 0 Å². The van der Waals surface area contributed by atoms with E-state index in [1.165, 1.54) is 61.3 Å². The normalized spacial score (nSPS) is 12.3. The second-order valence-corrected chi connectivity index (χ2v) is 10.4. The Balaban J connectivity index is 2.10. The van der Waals surface area contributed by atoms with Crippen LogP contribution in [0, 0.1) is 0 Å². The summed E-state index contributed by atoms with van der Waals surface area (Å²) < 4.78 is 5.63. The number of ether oxygens (including phenoxy) is 1. The number of benzene rings is 2. The Morgan fingerprint density at radius 1 is 0.893 bits per heavy atom. The molecule has 0 fully saturated rings. The molecule has 0 N–H and O–H groups in total. The summed E-state index contributed by atoms with van der Waals surface area (Å²) in [7, 11) is 0.654. The van der Waals surface area contributed by atoms with Crippen LogP contribution >= 0.6 is 0 Å². The quantitative estimate of drug-likeness (QED) is 0.451. The number of unbranched alkanes of at least 4 members (excludes halogenated alkanes) is 2. The van der Waals surface area contributed by atoms with Crippen LogP contribution in [-0.2, 0) is 4.74 Å². The number of hydrogen-bond donors (Lipinski definition) is 0. The summed E-state index contributed by atoms with van der Waals surface area (Å²) in [5.41, 5.74) is 3.48. The lowest BCUT2D eigenvalue weighted by atomic mass is 10.00. The van der Waals surface area contributed by atoms with Gasteiger partial charge in [0.25, 0.3) is 0 Å². The third-order valence-corrected chi connectivity index (χ3v) is 8.38. The molecule has 0 aromatic heterocycles. The summed E-state index contributed by atoms with van der Waals surface area (Å²) in [5, 5.41) is 1.49. The van der Waals surface area contributed by atoms with Crippen LogP contribution in [0.1, 0.15) is 50.7 Å². The molecule has 0 saturated heterocycles. The van der Waals surface area contributed by atoms with Gasteiger partial charge in [0.15, 0.2) is 0 Å². The van der Waals surface area contributed by atoms with Crippen molar-refractivity contribution >= 4 is 19.6 Å². The average Bonchev–Trinajstić information content (AvgIpc) is 2.75. The van der Waals surface area contributed by atoms with Crippen molar-refractivity contribution in [3.63, 3.8) is 0 Å². The number of hydrogen-bond acceptors (Lipinski definition) is 2. The minimum Gasteiger partial charge on any atom is -0.388 e. The molecule has 2 aromatic carbocycles. The summed E-state index contributed by atoms with van der Waals surface area (Å²) in [6, 6.07) is 19.5. The van der Waals surface area contributed by atoms with Gasteiger partial charge in [0.05, 0.1) is 0 Å². The van der Waals surface area contributed by atoms with Crippen LogP contribution in [0.15, 0.2) is 61.2 Å². The second kappa shape index (κ2) is 12.7. The summed E-state index contributed by atoms with van der Waals surface area (Å²) in [6.07, 6.45) is 7.19. The van der Waals surface area contributed by atoms with E-state index in [2.05, 4.69) is 73.9 Å². The lowest BCUT2D eigenvalue weighted by Crippen LogP contribution is -2.47. The largest absolute Gasteiger partial charge is 0.388 e. The molecular weight excluding hydrogens is 358 g/mol. The second-order valence-electron chi connectivity index (χ2n) is 7.63. The van der Waals surface area contributed by atoms with Gasteiger partial charge in [0.1, 0.15) is 8.80 Å². The van der Waals surface area contributed by atoms with Crippen LogP contribution in [0.25, 0.3) is 5.57 Å². The maximum absolute atomic E-state index is 5.63. The third kappa shape index (κ3) is 7.05. The van der Waals surface area contributed by atoms with Crippen LogP contribution in [0.2, 0.25) is 0 Å². The van der Waals surface area contributed by atoms with Crippen LogP contribution in [0.3, 0.4) is 0 Å². The van der Waals surface area contributed by atoms with Crippen molar-refractivity contribution in [2.24, 2.45) is 0 Å². The minimum atomic E-state index is -1.19. The lowest BCUT2D eigenvalue weighted by Gasteiger charge is -2.27. The highest BCUT2D eigenvalue weighted by Crippen LogP contribution is 2.20. The first-order valence-corrected chi connectivity index (χ1v) is 13.0. The molecule has 2 aromatic rings. The molecule has 152 valence electrons. The summed E-state index contributed by atoms with van der Waals surface area (Å²) in [4.78, 5) is 2.68. The molecule has 3 heteroatoms. The molecule has 1 unspecified atom stereocenters. The smallest absolute Gasteiger partial charge is 0.114 e. The first-order chi connectivity index (χ1) is 13.7. The molecule has 2 rings (SSSR count). The summed E-state index contributed by atoms with van der Waals surface area (Å²) in [6.45, 7) is 11.3. The van der Waals surface area contributed by atoms with Gasteiger partial charge < -0.3 is 9.64 Å². The van der Waals surface area contributed by atoms with Gasteiger partial charge >= 0.3 is 0 Å². The van der Waals surface area contributed by atoms with Gasteiger partial charge in [-0.2, -0.15) is 0 Å². The van der Waals surface area contributed by atoms with Crippen molar-refractivity contribution in [2.45, 2.75) is 39.5 Å². The standard InChI is InChI=1S/C25H37NOSi/c1-5-7-18-26(19-8-6-2)20-28(21-27-4)25-16-14-24(15-17-25)22(3)23-12-10-9-11-13-23/h9-17,28H,3,5-8,18-21H2,1-2,4H3. The monoisotopic (exact) mass is 395 g/mol. The zero-order valence-electron chi connectivity index (χ0n) is 18.0. The highest BCUT2D eigenvalue weighted by molar-refractivity contribution is 6.73. The van der Waals surface area contributed by atoms with Crippen molar-refractivity contribution < 1.29 is 4.74 Å². The van der Waals surface area contributed by atoms with E-state index in [4.69, 9.17) is 4.74 Å². The topological polar surface area (TPSA) is 12.5 Å². The molecular formula is C25H37NOSi. The predicted octanol–water partition coefficient (Wildman–Crippen LogP) is 4.81. The van der Waals surface area contributed by atoms with Gasteiger partial charge in [-0.25, -0.2) is 0 Å². The minimum absolute atomic E-state index is 0.897. The molecule has 0 aliphatic carbocycles. The first-order valence-electron chi connectivity index (χ1n) is 10.8. The molecule has 0 heterocycles. The molecule has 0 radical (unpaired) electrons. The van der Waals surface area contributed by atoms with Gasteiger partial charge in [-0.1, -0.05) is 93.1 Å². The van der Waals surface area contributed by atoms with Crippen LogP contribution in [0.5, 0.6) is 0 Å². The average molecular weight is 396 g/mol. The molecule has 0 spiro atoms. The highest BCUT2D eigenvalue weighted by Gasteiger charge is 2.18. The van der Waals surface area contributed by atoms with E-state index in [1.54, 1.807) is 0 Å². The fourth-order valence-corrected chi connectivity index (χ4v) is 6.22. The van der Waals surface area contributed by atoms with Crippen molar-refractivity contribution in [2.75, 3.05) is 32.6 Å². The Bertz CT molecular complexity index is 675. The van der Waals surface area contributed by atoms with E-state index in [-0.39, 0.29) is 0 Å². The van der Waals surface area contributed by atoms with Crippen LogP contribution in [-0.4, -0.2) is 46.3 Å². The number of methoxy groups -OCH3 is 1. The maximum Gasteiger partial charge on any atom is 0.114 e. The fourth-order valence-electron chi connectivity index (χ4n) is 3.59. The molecule has 0 saturated carbocycles. The van der Waals surface area contributed by atoms with E-state index in [0.29, 0.717) is 0 Å². The van der Waals surface area contributed by atoms with Gasteiger partial charge in [0, 0.05) is 13.3 Å². The van der Waals surface area contributed by atoms with Gasteiger partial charge in [-0.15, -0.1) is 0 Å². The zero-order valence-corrected chi connectivity index (χ0v) is 19.1.